The summed E-state index contributed by atoms with van der Waals surface area (Å²) < 4.78 is 38.6. The predicted octanol–water partition coefficient (Wildman–Crippen LogP) is 2.82. The Kier molecular flexibility index (Phi) is 7.65. The van der Waals surface area contributed by atoms with Crippen molar-refractivity contribution in [3.8, 4) is 0 Å². The number of aliphatic imine (C=N–C) groups is 1. The molecule has 5 nitrogen and oxygen atoms in total. The molecule has 0 saturated heterocycles. The fourth-order valence-electron chi connectivity index (χ4n) is 1.73. The molecular formula is C15H24F3N5S. The molecule has 3 N–H and O–H groups in total. The maximum atomic E-state index is 12.9. The van der Waals surface area contributed by atoms with Crippen LogP contribution in [0.15, 0.2) is 23.3 Å². The van der Waals surface area contributed by atoms with E-state index in [-0.39, 0.29) is 17.1 Å². The highest BCUT2D eigenvalue weighted by atomic mass is 32.2. The standard InChI is InChI=1S/C15H24F3N5S/c1-14(2,24-4)10-23-13(19-3)22-9-8-21-12-11(15(16,17)18)6-5-7-20-12/h5-7H,8-10H2,1-4H3,(H,20,21)(H2,19,22,23). The molecule has 1 heterocycles. The van der Waals surface area contributed by atoms with E-state index in [1.165, 1.54) is 12.3 Å². The van der Waals surface area contributed by atoms with Gasteiger partial charge in [-0.05, 0) is 32.2 Å². The van der Waals surface area contributed by atoms with Gasteiger partial charge in [0, 0.05) is 37.6 Å². The van der Waals surface area contributed by atoms with E-state index in [0.29, 0.717) is 12.5 Å². The molecule has 1 rings (SSSR count). The van der Waals surface area contributed by atoms with Crippen LogP contribution in [0.1, 0.15) is 19.4 Å². The molecule has 0 aliphatic heterocycles. The van der Waals surface area contributed by atoms with Gasteiger partial charge in [-0.2, -0.15) is 24.9 Å². The molecule has 0 amide bonds. The van der Waals surface area contributed by atoms with Gasteiger partial charge in [-0.25, -0.2) is 4.98 Å². The molecule has 0 aliphatic rings. The number of rotatable bonds is 7. The van der Waals surface area contributed by atoms with Gasteiger partial charge >= 0.3 is 6.18 Å². The SMILES string of the molecule is CN=C(NCCNc1ncccc1C(F)(F)F)NCC(C)(C)SC. The molecule has 1 aromatic heterocycles. The summed E-state index contributed by atoms with van der Waals surface area (Å²) in [4.78, 5) is 7.84. The third-order valence-corrected chi connectivity index (χ3v) is 4.53. The molecule has 24 heavy (non-hydrogen) atoms. The lowest BCUT2D eigenvalue weighted by molar-refractivity contribution is -0.137. The van der Waals surface area contributed by atoms with E-state index < -0.39 is 11.7 Å². The van der Waals surface area contributed by atoms with Gasteiger partial charge in [-0.1, -0.05) is 0 Å². The maximum Gasteiger partial charge on any atom is 0.419 e. The molecular weight excluding hydrogens is 339 g/mol. The molecule has 0 aromatic carbocycles. The Morgan fingerprint density at radius 1 is 1.25 bits per heavy atom. The number of guanidine groups is 1. The Balaban J connectivity index is 2.46. The molecule has 0 radical (unpaired) electrons. The molecule has 0 bridgehead atoms. The van der Waals surface area contributed by atoms with Gasteiger partial charge in [0.05, 0.1) is 5.56 Å². The topological polar surface area (TPSA) is 61.3 Å². The van der Waals surface area contributed by atoms with Gasteiger partial charge in [0.2, 0.25) is 0 Å². The summed E-state index contributed by atoms with van der Waals surface area (Å²) in [5, 5.41) is 8.94. The van der Waals surface area contributed by atoms with Crippen LogP contribution < -0.4 is 16.0 Å². The number of hydrogen-bond acceptors (Lipinski definition) is 4. The fraction of sp³-hybridized carbons (Fsp3) is 0.600. The summed E-state index contributed by atoms with van der Waals surface area (Å²) in [6, 6.07) is 2.28. The lowest BCUT2D eigenvalue weighted by Crippen LogP contribution is -2.44. The molecule has 0 aliphatic carbocycles. The van der Waals surface area contributed by atoms with Crippen LogP contribution in [0.5, 0.6) is 0 Å². The van der Waals surface area contributed by atoms with Gasteiger partial charge in [0.1, 0.15) is 5.82 Å². The number of pyridine rings is 1. The van der Waals surface area contributed by atoms with Crippen molar-refractivity contribution in [1.29, 1.82) is 0 Å². The van der Waals surface area contributed by atoms with E-state index >= 15 is 0 Å². The van der Waals surface area contributed by atoms with Gasteiger partial charge < -0.3 is 16.0 Å². The van der Waals surface area contributed by atoms with E-state index in [4.69, 9.17) is 0 Å². The van der Waals surface area contributed by atoms with Gasteiger partial charge in [0.25, 0.3) is 0 Å². The van der Waals surface area contributed by atoms with E-state index in [1.54, 1.807) is 18.8 Å². The number of halogens is 3. The van der Waals surface area contributed by atoms with Crippen LogP contribution >= 0.6 is 11.8 Å². The van der Waals surface area contributed by atoms with Crippen LogP contribution in [-0.2, 0) is 6.18 Å². The zero-order chi connectivity index (χ0) is 18.2. The van der Waals surface area contributed by atoms with Crippen LogP contribution in [0.25, 0.3) is 0 Å². The molecule has 0 saturated carbocycles. The molecule has 0 spiro atoms. The molecule has 1 aromatic rings. The summed E-state index contributed by atoms with van der Waals surface area (Å²) in [7, 11) is 1.65. The Hall–Kier alpha value is -1.64. The minimum atomic E-state index is -4.43. The lowest BCUT2D eigenvalue weighted by Gasteiger charge is -2.23. The van der Waals surface area contributed by atoms with Crippen molar-refractivity contribution in [2.45, 2.75) is 24.8 Å². The Morgan fingerprint density at radius 3 is 2.54 bits per heavy atom. The first-order valence-electron chi connectivity index (χ1n) is 7.45. The summed E-state index contributed by atoms with van der Waals surface area (Å²) in [6.45, 7) is 5.64. The van der Waals surface area contributed by atoms with E-state index in [1.807, 2.05) is 6.26 Å². The lowest BCUT2D eigenvalue weighted by atomic mass is 10.2. The fourth-order valence-corrected chi connectivity index (χ4v) is 1.94. The highest BCUT2D eigenvalue weighted by molar-refractivity contribution is 7.99. The smallest absolute Gasteiger partial charge is 0.368 e. The van der Waals surface area contributed by atoms with Crippen LogP contribution in [0.4, 0.5) is 19.0 Å². The van der Waals surface area contributed by atoms with Crippen molar-refractivity contribution in [2.75, 3.05) is 38.3 Å². The average molecular weight is 363 g/mol. The summed E-state index contributed by atoms with van der Waals surface area (Å²) in [5.74, 6) is 0.439. The second-order valence-electron chi connectivity index (χ2n) is 5.64. The number of alkyl halides is 3. The first kappa shape index (κ1) is 20.4. The summed E-state index contributed by atoms with van der Waals surface area (Å²) in [5.41, 5.74) is -0.769. The summed E-state index contributed by atoms with van der Waals surface area (Å²) in [6.07, 6.45) is -1.06. The number of aromatic nitrogens is 1. The van der Waals surface area contributed by atoms with E-state index in [0.717, 1.165) is 12.6 Å². The highest BCUT2D eigenvalue weighted by Crippen LogP contribution is 2.33. The van der Waals surface area contributed by atoms with Crippen molar-refractivity contribution in [3.05, 3.63) is 23.9 Å². The minimum Gasteiger partial charge on any atom is -0.368 e. The second-order valence-corrected chi connectivity index (χ2v) is 7.15. The van der Waals surface area contributed by atoms with Crippen LogP contribution in [0.2, 0.25) is 0 Å². The van der Waals surface area contributed by atoms with Gasteiger partial charge in [-0.3, -0.25) is 4.99 Å². The quantitative estimate of drug-likeness (QED) is 0.395. The number of hydrogen-bond donors (Lipinski definition) is 3. The Bertz CT molecular complexity index is 546. The van der Waals surface area contributed by atoms with Crippen LogP contribution in [0, 0.1) is 0 Å². The molecule has 136 valence electrons. The Morgan fingerprint density at radius 2 is 1.96 bits per heavy atom. The zero-order valence-electron chi connectivity index (χ0n) is 14.3. The summed E-state index contributed by atoms with van der Waals surface area (Å²) >= 11 is 1.74. The second kappa shape index (κ2) is 9.00. The maximum absolute atomic E-state index is 12.9. The van der Waals surface area contributed by atoms with Crippen LogP contribution in [-0.4, -0.2) is 48.6 Å². The third-order valence-electron chi connectivity index (χ3n) is 3.28. The first-order chi connectivity index (χ1) is 11.2. The van der Waals surface area contributed by atoms with E-state index in [9.17, 15) is 13.2 Å². The van der Waals surface area contributed by atoms with Crippen molar-refractivity contribution < 1.29 is 13.2 Å². The van der Waals surface area contributed by atoms with Crippen molar-refractivity contribution in [1.82, 2.24) is 15.6 Å². The molecule has 0 atom stereocenters. The number of anilines is 1. The molecule has 0 unspecified atom stereocenters. The monoisotopic (exact) mass is 363 g/mol. The largest absolute Gasteiger partial charge is 0.419 e. The van der Waals surface area contributed by atoms with Crippen molar-refractivity contribution >= 4 is 23.5 Å². The van der Waals surface area contributed by atoms with Gasteiger partial charge in [0.15, 0.2) is 5.96 Å². The Labute approximate surface area is 144 Å². The highest BCUT2D eigenvalue weighted by Gasteiger charge is 2.33. The first-order valence-corrected chi connectivity index (χ1v) is 8.68. The van der Waals surface area contributed by atoms with Crippen LogP contribution in [0.3, 0.4) is 0 Å². The average Bonchev–Trinajstić information content (AvgIpc) is 2.53. The van der Waals surface area contributed by atoms with Gasteiger partial charge in [-0.15, -0.1) is 0 Å². The number of thioether (sulfide) groups is 1. The van der Waals surface area contributed by atoms with E-state index in [2.05, 4.69) is 39.8 Å². The third kappa shape index (κ3) is 6.86. The van der Waals surface area contributed by atoms with Crippen molar-refractivity contribution in [2.24, 2.45) is 4.99 Å². The normalized spacial score (nSPS) is 12.9. The van der Waals surface area contributed by atoms with Crippen molar-refractivity contribution in [3.63, 3.8) is 0 Å². The number of nitrogens with one attached hydrogen (secondary N) is 3. The zero-order valence-corrected chi connectivity index (χ0v) is 15.1. The molecule has 9 heteroatoms. The number of nitrogens with zero attached hydrogens (tertiary/aromatic N) is 2. The predicted molar refractivity (Wildman–Crippen MR) is 94.7 cm³/mol. The molecule has 0 fully saturated rings. The minimum absolute atomic E-state index is 0.0610.